The zero-order valence-corrected chi connectivity index (χ0v) is 12.9. The van der Waals surface area contributed by atoms with E-state index >= 15 is 0 Å². The Bertz CT molecular complexity index is 1010. The van der Waals surface area contributed by atoms with Crippen molar-refractivity contribution in [1.29, 1.82) is 0 Å². The number of aryl methyl sites for hydroxylation is 1. The van der Waals surface area contributed by atoms with Crippen LogP contribution >= 0.6 is 24.0 Å². The lowest BCUT2D eigenvalue weighted by atomic mass is 10.2. The smallest absolute Gasteiger partial charge is 0.175 e. The van der Waals surface area contributed by atoms with Crippen LogP contribution in [-0.2, 0) is 0 Å². The monoisotopic (exact) mass is 312 g/mol. The summed E-state index contributed by atoms with van der Waals surface area (Å²) >= 11 is 6.76. The second kappa shape index (κ2) is 4.75. The third kappa shape index (κ3) is 2.26. The van der Waals surface area contributed by atoms with Gasteiger partial charge in [-0.05, 0) is 60.7 Å². The molecule has 6 heteroatoms. The fourth-order valence-corrected chi connectivity index (χ4v) is 3.50. The Morgan fingerprint density at radius 2 is 1.95 bits per heavy atom. The van der Waals surface area contributed by atoms with Crippen LogP contribution in [0.3, 0.4) is 0 Å². The maximum absolute atomic E-state index is 5.16. The molecule has 0 spiro atoms. The number of hydrogen-bond acceptors (Lipinski definition) is 3. The number of nitrogens with one attached hydrogen (secondary N) is 3. The summed E-state index contributed by atoms with van der Waals surface area (Å²) in [6.45, 7) is 2.08. The second-order valence-electron chi connectivity index (χ2n) is 4.92. The largest absolute Gasteiger partial charge is 0.333 e. The van der Waals surface area contributed by atoms with E-state index in [0.717, 1.165) is 32.1 Å². The lowest BCUT2D eigenvalue weighted by Crippen LogP contribution is -1.78. The van der Waals surface area contributed by atoms with Gasteiger partial charge in [-0.15, -0.1) is 0 Å². The number of imidazole rings is 2. The molecule has 0 fully saturated rings. The Morgan fingerprint density at radius 3 is 2.86 bits per heavy atom. The zero-order valence-electron chi connectivity index (χ0n) is 11.2. The van der Waals surface area contributed by atoms with E-state index in [1.807, 2.05) is 18.2 Å². The van der Waals surface area contributed by atoms with Gasteiger partial charge in [0.1, 0.15) is 0 Å². The number of H-pyrrole nitrogens is 3. The van der Waals surface area contributed by atoms with Gasteiger partial charge in [0, 0.05) is 4.90 Å². The molecule has 0 saturated heterocycles. The molecule has 0 amide bonds. The number of benzene rings is 2. The summed E-state index contributed by atoms with van der Waals surface area (Å²) < 4.78 is 0.637. The molecule has 21 heavy (non-hydrogen) atoms. The van der Waals surface area contributed by atoms with E-state index in [9.17, 15) is 0 Å². The Labute approximate surface area is 130 Å². The van der Waals surface area contributed by atoms with Crippen molar-refractivity contribution in [3.05, 3.63) is 46.7 Å². The number of rotatable bonds is 2. The summed E-state index contributed by atoms with van der Waals surface area (Å²) in [7, 11) is 0. The van der Waals surface area contributed by atoms with E-state index < -0.39 is 0 Å². The maximum atomic E-state index is 5.16. The first kappa shape index (κ1) is 12.7. The van der Waals surface area contributed by atoms with E-state index in [1.165, 1.54) is 5.56 Å². The fourth-order valence-electron chi connectivity index (χ4n) is 2.37. The van der Waals surface area contributed by atoms with Gasteiger partial charge in [0.15, 0.2) is 9.93 Å². The molecule has 0 aliphatic carbocycles. The number of fused-ring (bicyclic) bond motifs is 2. The highest BCUT2D eigenvalue weighted by Crippen LogP contribution is 2.31. The quantitative estimate of drug-likeness (QED) is 0.475. The summed E-state index contributed by atoms with van der Waals surface area (Å²) in [4.78, 5) is 15.4. The SMILES string of the molecule is Cc1ccc2nc(Sc3cccc4[nH]c(=S)[nH]c34)[nH]c2c1. The molecule has 4 rings (SSSR count). The fraction of sp³-hybridized carbons (Fsp3) is 0.0667. The van der Waals surface area contributed by atoms with Crippen molar-refractivity contribution >= 4 is 46.0 Å². The first-order valence-electron chi connectivity index (χ1n) is 6.54. The average Bonchev–Trinajstić information content (AvgIpc) is 3.01. The summed E-state index contributed by atoms with van der Waals surface area (Å²) in [5, 5.41) is 0.878. The minimum absolute atomic E-state index is 0.637. The first-order chi connectivity index (χ1) is 10.2. The molecule has 0 saturated carbocycles. The Balaban J connectivity index is 1.80. The molecular formula is C15H12N4S2. The van der Waals surface area contributed by atoms with Gasteiger partial charge in [0.2, 0.25) is 0 Å². The van der Waals surface area contributed by atoms with Crippen LogP contribution in [-0.4, -0.2) is 19.9 Å². The molecule has 0 aliphatic rings. The van der Waals surface area contributed by atoms with Crippen molar-refractivity contribution in [1.82, 2.24) is 19.9 Å². The van der Waals surface area contributed by atoms with Crippen molar-refractivity contribution in [2.45, 2.75) is 17.0 Å². The lowest BCUT2D eigenvalue weighted by Gasteiger charge is -1.99. The van der Waals surface area contributed by atoms with Crippen molar-refractivity contribution in [3.8, 4) is 0 Å². The number of hydrogen-bond donors (Lipinski definition) is 3. The second-order valence-corrected chi connectivity index (χ2v) is 6.36. The molecule has 0 unspecified atom stereocenters. The van der Waals surface area contributed by atoms with E-state index in [0.29, 0.717) is 4.77 Å². The normalized spacial score (nSPS) is 11.5. The molecule has 2 aromatic carbocycles. The van der Waals surface area contributed by atoms with Gasteiger partial charge >= 0.3 is 0 Å². The van der Waals surface area contributed by atoms with Crippen LogP contribution in [0.4, 0.5) is 0 Å². The van der Waals surface area contributed by atoms with Gasteiger partial charge in [-0.1, -0.05) is 12.1 Å². The molecule has 0 bridgehead atoms. The van der Waals surface area contributed by atoms with Crippen LogP contribution in [0.15, 0.2) is 46.5 Å². The van der Waals surface area contributed by atoms with Crippen LogP contribution in [0, 0.1) is 11.7 Å². The van der Waals surface area contributed by atoms with E-state index in [-0.39, 0.29) is 0 Å². The van der Waals surface area contributed by atoms with E-state index in [2.05, 4.69) is 45.1 Å². The average molecular weight is 312 g/mol. The van der Waals surface area contributed by atoms with Crippen LogP contribution in [0.5, 0.6) is 0 Å². The number of aromatic nitrogens is 4. The standard InChI is InChI=1S/C15H12N4S2/c1-8-5-6-9-11(7-8)18-15(17-9)21-12-4-2-3-10-13(12)19-14(20)16-10/h2-7H,1H3,(H,17,18)(H2,16,19,20). The van der Waals surface area contributed by atoms with Crippen molar-refractivity contribution in [2.75, 3.05) is 0 Å². The summed E-state index contributed by atoms with van der Waals surface area (Å²) in [5.74, 6) is 0. The molecule has 0 radical (unpaired) electrons. The topological polar surface area (TPSA) is 60.3 Å². The molecular weight excluding hydrogens is 300 g/mol. The summed E-state index contributed by atoms with van der Waals surface area (Å²) in [5.41, 5.74) is 5.30. The molecule has 4 aromatic rings. The third-order valence-electron chi connectivity index (χ3n) is 3.34. The number of para-hydroxylation sites is 1. The Hall–Kier alpha value is -2.05. The highest BCUT2D eigenvalue weighted by atomic mass is 32.2. The molecule has 0 atom stereocenters. The van der Waals surface area contributed by atoms with Gasteiger partial charge in [-0.2, -0.15) is 0 Å². The van der Waals surface area contributed by atoms with Crippen LogP contribution in [0.1, 0.15) is 5.56 Å². The summed E-state index contributed by atoms with van der Waals surface area (Å²) in [6.07, 6.45) is 0. The predicted molar refractivity (Wildman–Crippen MR) is 88.4 cm³/mol. The van der Waals surface area contributed by atoms with Crippen molar-refractivity contribution in [2.24, 2.45) is 0 Å². The number of aromatic amines is 3. The van der Waals surface area contributed by atoms with Crippen molar-refractivity contribution < 1.29 is 0 Å². The van der Waals surface area contributed by atoms with Crippen molar-refractivity contribution in [3.63, 3.8) is 0 Å². The van der Waals surface area contributed by atoms with Gasteiger partial charge in [0.25, 0.3) is 0 Å². The molecule has 2 aromatic heterocycles. The molecule has 0 aliphatic heterocycles. The predicted octanol–water partition coefficient (Wildman–Crippen LogP) is 4.56. The Kier molecular flexibility index (Phi) is 2.87. The number of nitrogens with zero attached hydrogens (tertiary/aromatic N) is 1. The van der Waals surface area contributed by atoms with Gasteiger partial charge in [-0.3, -0.25) is 0 Å². The van der Waals surface area contributed by atoms with Crippen LogP contribution in [0.2, 0.25) is 0 Å². The minimum atomic E-state index is 0.637. The zero-order chi connectivity index (χ0) is 14.4. The molecule has 3 N–H and O–H groups in total. The highest BCUT2D eigenvalue weighted by Gasteiger charge is 2.08. The van der Waals surface area contributed by atoms with Crippen LogP contribution in [0.25, 0.3) is 22.1 Å². The minimum Gasteiger partial charge on any atom is -0.333 e. The van der Waals surface area contributed by atoms with Crippen LogP contribution < -0.4 is 0 Å². The summed E-state index contributed by atoms with van der Waals surface area (Å²) in [6, 6.07) is 12.3. The van der Waals surface area contributed by atoms with Gasteiger partial charge in [-0.25, -0.2) is 4.98 Å². The van der Waals surface area contributed by atoms with Gasteiger partial charge < -0.3 is 15.0 Å². The first-order valence-corrected chi connectivity index (χ1v) is 7.77. The molecule has 104 valence electrons. The third-order valence-corrected chi connectivity index (χ3v) is 4.49. The van der Waals surface area contributed by atoms with Gasteiger partial charge in [0.05, 0.1) is 22.1 Å². The van der Waals surface area contributed by atoms with E-state index in [4.69, 9.17) is 12.2 Å². The highest BCUT2D eigenvalue weighted by molar-refractivity contribution is 7.99. The lowest BCUT2D eigenvalue weighted by molar-refractivity contribution is 1.08. The Morgan fingerprint density at radius 1 is 1.05 bits per heavy atom. The molecule has 2 heterocycles. The maximum Gasteiger partial charge on any atom is 0.175 e. The molecule has 4 nitrogen and oxygen atoms in total. The van der Waals surface area contributed by atoms with E-state index in [1.54, 1.807) is 11.8 Å².